The highest BCUT2D eigenvalue weighted by Gasteiger charge is 2.34. The summed E-state index contributed by atoms with van der Waals surface area (Å²) in [6.07, 6.45) is 0.883. The van der Waals surface area contributed by atoms with Gasteiger partial charge < -0.3 is 15.0 Å². The normalized spacial score (nSPS) is 24.0. The fourth-order valence-electron chi connectivity index (χ4n) is 2.27. The molecule has 1 amide bonds. The van der Waals surface area contributed by atoms with E-state index in [1.54, 1.807) is 17.0 Å². The standard InChI is InChI=1S/C12H16N2O3/c1-8-5-6-14(10(8)7-15)12(17)9-3-2-4-11(16)13-9/h2-4,8,10,15H,5-7H2,1H3,(H,13,16). The number of aliphatic hydroxyl groups excluding tert-OH is 1. The third-order valence-corrected chi connectivity index (χ3v) is 3.33. The molecule has 92 valence electrons. The van der Waals surface area contributed by atoms with Crippen molar-refractivity contribution >= 4 is 5.91 Å². The maximum atomic E-state index is 12.2. The predicted octanol–water partition coefficient (Wildman–Crippen LogP) is 0.218. The van der Waals surface area contributed by atoms with Gasteiger partial charge in [-0.25, -0.2) is 0 Å². The maximum absolute atomic E-state index is 12.2. The highest BCUT2D eigenvalue weighted by molar-refractivity contribution is 5.92. The highest BCUT2D eigenvalue weighted by atomic mass is 16.3. The van der Waals surface area contributed by atoms with Crippen LogP contribution in [0.25, 0.3) is 0 Å². The zero-order chi connectivity index (χ0) is 12.4. The number of hydrogen-bond acceptors (Lipinski definition) is 3. The van der Waals surface area contributed by atoms with Crippen LogP contribution in [-0.2, 0) is 0 Å². The van der Waals surface area contributed by atoms with Crippen LogP contribution in [0, 0.1) is 5.92 Å². The first-order valence-electron chi connectivity index (χ1n) is 5.74. The zero-order valence-corrected chi connectivity index (χ0v) is 9.72. The maximum Gasteiger partial charge on any atom is 0.270 e. The van der Waals surface area contributed by atoms with Gasteiger partial charge in [-0.1, -0.05) is 13.0 Å². The quantitative estimate of drug-likeness (QED) is 0.771. The van der Waals surface area contributed by atoms with Gasteiger partial charge in [0.2, 0.25) is 5.56 Å². The topological polar surface area (TPSA) is 73.4 Å². The minimum Gasteiger partial charge on any atom is -0.394 e. The van der Waals surface area contributed by atoms with Crippen molar-refractivity contribution in [1.82, 2.24) is 9.88 Å². The number of aromatic amines is 1. The van der Waals surface area contributed by atoms with E-state index in [-0.39, 0.29) is 29.8 Å². The van der Waals surface area contributed by atoms with Crippen LogP contribution < -0.4 is 5.56 Å². The lowest BCUT2D eigenvalue weighted by Gasteiger charge is -2.24. The molecular formula is C12H16N2O3. The monoisotopic (exact) mass is 236 g/mol. The van der Waals surface area contributed by atoms with Crippen LogP contribution in [0.2, 0.25) is 0 Å². The van der Waals surface area contributed by atoms with Crippen molar-refractivity contribution in [3.05, 3.63) is 34.2 Å². The molecule has 0 bridgehead atoms. The van der Waals surface area contributed by atoms with Crippen molar-refractivity contribution < 1.29 is 9.90 Å². The molecule has 0 spiro atoms. The molecule has 2 atom stereocenters. The molecule has 1 aliphatic heterocycles. The molecule has 1 fully saturated rings. The third-order valence-electron chi connectivity index (χ3n) is 3.33. The number of nitrogens with zero attached hydrogens (tertiary/aromatic N) is 1. The van der Waals surface area contributed by atoms with Gasteiger partial charge in [0.15, 0.2) is 0 Å². The molecule has 0 saturated carbocycles. The Bertz CT molecular complexity index is 469. The second-order valence-corrected chi connectivity index (χ2v) is 4.44. The van der Waals surface area contributed by atoms with E-state index in [1.807, 2.05) is 6.92 Å². The van der Waals surface area contributed by atoms with Crippen molar-refractivity contribution in [3.8, 4) is 0 Å². The average molecular weight is 236 g/mol. The molecule has 0 radical (unpaired) electrons. The fourth-order valence-corrected chi connectivity index (χ4v) is 2.27. The Hall–Kier alpha value is -1.62. The van der Waals surface area contributed by atoms with E-state index in [0.29, 0.717) is 12.5 Å². The van der Waals surface area contributed by atoms with E-state index in [2.05, 4.69) is 4.98 Å². The summed E-state index contributed by atoms with van der Waals surface area (Å²) in [5, 5.41) is 9.29. The largest absolute Gasteiger partial charge is 0.394 e. The molecule has 1 aromatic rings. The summed E-state index contributed by atoms with van der Waals surface area (Å²) in [4.78, 5) is 27.5. The van der Waals surface area contributed by atoms with Crippen LogP contribution in [0.15, 0.2) is 23.0 Å². The molecule has 2 unspecified atom stereocenters. The van der Waals surface area contributed by atoms with Crippen LogP contribution in [0.4, 0.5) is 0 Å². The van der Waals surface area contributed by atoms with Gasteiger partial charge in [0.1, 0.15) is 5.69 Å². The molecule has 17 heavy (non-hydrogen) atoms. The Labute approximate surface area is 99.1 Å². The molecule has 1 aliphatic rings. The van der Waals surface area contributed by atoms with E-state index >= 15 is 0 Å². The molecular weight excluding hydrogens is 220 g/mol. The summed E-state index contributed by atoms with van der Waals surface area (Å²) >= 11 is 0. The Kier molecular flexibility index (Phi) is 3.28. The first kappa shape index (κ1) is 11.9. The van der Waals surface area contributed by atoms with E-state index < -0.39 is 0 Å². The molecule has 2 heterocycles. The van der Waals surface area contributed by atoms with Gasteiger partial charge in [-0.3, -0.25) is 9.59 Å². The molecule has 0 aliphatic carbocycles. The number of aromatic nitrogens is 1. The summed E-state index contributed by atoms with van der Waals surface area (Å²) < 4.78 is 0. The number of pyridine rings is 1. The number of carbonyl (C=O) groups is 1. The number of likely N-dealkylation sites (tertiary alicyclic amines) is 1. The average Bonchev–Trinajstić information content (AvgIpc) is 2.69. The van der Waals surface area contributed by atoms with E-state index in [4.69, 9.17) is 0 Å². The summed E-state index contributed by atoms with van der Waals surface area (Å²) in [7, 11) is 0. The number of nitrogens with one attached hydrogen (secondary N) is 1. The van der Waals surface area contributed by atoms with Crippen molar-refractivity contribution in [1.29, 1.82) is 0 Å². The zero-order valence-electron chi connectivity index (χ0n) is 9.72. The van der Waals surface area contributed by atoms with E-state index in [0.717, 1.165) is 6.42 Å². The minimum atomic E-state index is -0.288. The minimum absolute atomic E-state index is 0.0377. The lowest BCUT2D eigenvalue weighted by atomic mass is 10.0. The fraction of sp³-hybridized carbons (Fsp3) is 0.500. The summed E-state index contributed by atoms with van der Waals surface area (Å²) in [6.45, 7) is 2.61. The number of amides is 1. The van der Waals surface area contributed by atoms with Crippen LogP contribution >= 0.6 is 0 Å². The Balaban J connectivity index is 2.23. The third kappa shape index (κ3) is 2.24. The van der Waals surface area contributed by atoms with Crippen LogP contribution in [0.3, 0.4) is 0 Å². The Morgan fingerprint density at radius 2 is 2.35 bits per heavy atom. The number of hydrogen-bond donors (Lipinski definition) is 2. The van der Waals surface area contributed by atoms with Gasteiger partial charge in [-0.05, 0) is 18.4 Å². The summed E-state index contributed by atoms with van der Waals surface area (Å²) in [5.41, 5.74) is -0.00584. The van der Waals surface area contributed by atoms with Gasteiger partial charge in [-0.2, -0.15) is 0 Å². The van der Waals surface area contributed by atoms with Gasteiger partial charge >= 0.3 is 0 Å². The van der Waals surface area contributed by atoms with Crippen molar-refractivity contribution in [3.63, 3.8) is 0 Å². The second kappa shape index (κ2) is 4.71. The summed E-state index contributed by atoms with van der Waals surface area (Å²) in [5.74, 6) is 0.0745. The number of rotatable bonds is 2. The molecule has 1 saturated heterocycles. The van der Waals surface area contributed by atoms with Crippen molar-refractivity contribution in [2.75, 3.05) is 13.2 Å². The molecule has 5 heteroatoms. The van der Waals surface area contributed by atoms with E-state index in [9.17, 15) is 14.7 Å². The highest BCUT2D eigenvalue weighted by Crippen LogP contribution is 2.24. The van der Waals surface area contributed by atoms with Gasteiger partial charge in [0, 0.05) is 12.6 Å². The first-order chi connectivity index (χ1) is 8.13. The number of carbonyl (C=O) groups excluding carboxylic acids is 1. The Morgan fingerprint density at radius 3 is 3.00 bits per heavy atom. The predicted molar refractivity (Wildman–Crippen MR) is 62.8 cm³/mol. The molecule has 2 N–H and O–H groups in total. The van der Waals surface area contributed by atoms with Crippen LogP contribution in [-0.4, -0.2) is 40.1 Å². The lowest BCUT2D eigenvalue weighted by Crippen LogP contribution is -2.40. The molecule has 1 aromatic heterocycles. The van der Waals surface area contributed by atoms with Gasteiger partial charge in [-0.15, -0.1) is 0 Å². The van der Waals surface area contributed by atoms with Crippen molar-refractivity contribution in [2.45, 2.75) is 19.4 Å². The van der Waals surface area contributed by atoms with Crippen LogP contribution in [0.1, 0.15) is 23.8 Å². The Morgan fingerprint density at radius 1 is 1.59 bits per heavy atom. The second-order valence-electron chi connectivity index (χ2n) is 4.44. The lowest BCUT2D eigenvalue weighted by molar-refractivity contribution is 0.0642. The first-order valence-corrected chi connectivity index (χ1v) is 5.74. The van der Waals surface area contributed by atoms with Gasteiger partial charge in [0.25, 0.3) is 5.91 Å². The smallest absolute Gasteiger partial charge is 0.270 e. The van der Waals surface area contributed by atoms with Crippen LogP contribution in [0.5, 0.6) is 0 Å². The van der Waals surface area contributed by atoms with Gasteiger partial charge in [0.05, 0.1) is 12.6 Å². The molecule has 2 rings (SSSR count). The number of aliphatic hydroxyl groups is 1. The number of H-pyrrole nitrogens is 1. The summed E-state index contributed by atoms with van der Waals surface area (Å²) in [6, 6.07) is 4.36. The SMILES string of the molecule is CC1CCN(C(=O)c2cccc(=O)[nH]2)C1CO. The van der Waals surface area contributed by atoms with E-state index in [1.165, 1.54) is 6.07 Å². The van der Waals surface area contributed by atoms with Crippen molar-refractivity contribution in [2.24, 2.45) is 5.92 Å². The molecule has 0 aromatic carbocycles. The molecule has 5 nitrogen and oxygen atoms in total.